The molecule has 128 valence electrons. The van der Waals surface area contributed by atoms with Gasteiger partial charge >= 0.3 is 0 Å². The molecule has 5 nitrogen and oxygen atoms in total. The average Bonchev–Trinajstić information content (AvgIpc) is 2.59. The molecule has 0 amide bonds. The van der Waals surface area contributed by atoms with Gasteiger partial charge in [-0.1, -0.05) is 41.4 Å². The monoisotopic (exact) mass is 394 g/mol. The van der Waals surface area contributed by atoms with Crippen molar-refractivity contribution in [2.45, 2.75) is 4.90 Å². The maximum Gasteiger partial charge on any atom is 0.263 e. The third-order valence-corrected chi connectivity index (χ3v) is 5.39. The summed E-state index contributed by atoms with van der Waals surface area (Å²) in [7, 11) is -3.94. The van der Waals surface area contributed by atoms with Gasteiger partial charge in [0.2, 0.25) is 0 Å². The predicted molar refractivity (Wildman–Crippen MR) is 98.0 cm³/mol. The number of ether oxygens (including phenoxy) is 1. The lowest BCUT2D eigenvalue weighted by molar-refractivity contribution is 0.481. The summed E-state index contributed by atoms with van der Waals surface area (Å²) in [6.45, 7) is 0. The van der Waals surface area contributed by atoms with E-state index in [0.29, 0.717) is 11.4 Å². The molecular weight excluding hydrogens is 383 g/mol. The Morgan fingerprint density at radius 1 is 0.960 bits per heavy atom. The third kappa shape index (κ3) is 4.04. The van der Waals surface area contributed by atoms with Gasteiger partial charge in [0.05, 0.1) is 16.9 Å². The maximum atomic E-state index is 12.6. The number of anilines is 1. The Balaban J connectivity index is 1.98. The summed E-state index contributed by atoms with van der Waals surface area (Å²) < 4.78 is 33.3. The summed E-state index contributed by atoms with van der Waals surface area (Å²) in [6.07, 6.45) is 2.93. The fourth-order valence-corrected chi connectivity index (χ4v) is 3.92. The topological polar surface area (TPSA) is 68.3 Å². The number of hydrogen-bond donors (Lipinski definition) is 1. The highest BCUT2D eigenvalue weighted by Crippen LogP contribution is 2.40. The third-order valence-electron chi connectivity index (χ3n) is 3.18. The van der Waals surface area contributed by atoms with Crippen LogP contribution in [0.3, 0.4) is 0 Å². The summed E-state index contributed by atoms with van der Waals surface area (Å²) in [5, 5.41) is 0.0990. The van der Waals surface area contributed by atoms with Crippen molar-refractivity contribution in [3.8, 4) is 11.5 Å². The fourth-order valence-electron chi connectivity index (χ4n) is 2.06. The molecule has 0 bridgehead atoms. The molecule has 0 fully saturated rings. The van der Waals surface area contributed by atoms with Gasteiger partial charge in [-0.3, -0.25) is 9.71 Å². The zero-order chi connectivity index (χ0) is 17.9. The van der Waals surface area contributed by atoms with Crippen LogP contribution in [0.15, 0.2) is 71.9 Å². The van der Waals surface area contributed by atoms with E-state index in [1.807, 2.05) is 6.07 Å². The number of rotatable bonds is 5. The number of benzene rings is 2. The smallest absolute Gasteiger partial charge is 0.263 e. The van der Waals surface area contributed by atoms with Crippen LogP contribution in [0.1, 0.15) is 0 Å². The number of halogens is 2. The fraction of sp³-hybridized carbons (Fsp3) is 0. The van der Waals surface area contributed by atoms with Gasteiger partial charge in [-0.05, 0) is 36.4 Å². The van der Waals surface area contributed by atoms with Crippen molar-refractivity contribution in [3.05, 3.63) is 77.0 Å². The molecule has 3 rings (SSSR count). The molecule has 0 saturated heterocycles. The first-order chi connectivity index (χ1) is 12.0. The molecule has 0 aliphatic rings. The van der Waals surface area contributed by atoms with E-state index in [9.17, 15) is 8.42 Å². The molecular formula is C17H12Cl2N2O3S. The van der Waals surface area contributed by atoms with Crippen LogP contribution in [-0.4, -0.2) is 13.4 Å². The maximum absolute atomic E-state index is 12.6. The molecule has 0 aliphatic heterocycles. The SMILES string of the molecule is O=S(=O)(Nc1cccnc1)c1ccc(Cl)c(Oc2ccccc2)c1Cl. The van der Waals surface area contributed by atoms with Crippen LogP contribution in [0.4, 0.5) is 5.69 Å². The van der Waals surface area contributed by atoms with E-state index in [-0.39, 0.29) is 20.7 Å². The van der Waals surface area contributed by atoms with Crippen molar-refractivity contribution >= 4 is 38.9 Å². The Bertz CT molecular complexity index is 982. The van der Waals surface area contributed by atoms with E-state index in [1.165, 1.54) is 18.3 Å². The van der Waals surface area contributed by atoms with Crippen LogP contribution in [-0.2, 0) is 10.0 Å². The normalized spacial score (nSPS) is 11.1. The second-order valence-electron chi connectivity index (χ2n) is 4.95. The van der Waals surface area contributed by atoms with Crippen LogP contribution in [0.5, 0.6) is 11.5 Å². The van der Waals surface area contributed by atoms with Crippen LogP contribution in [0, 0.1) is 0 Å². The minimum Gasteiger partial charge on any atom is -0.454 e. The van der Waals surface area contributed by atoms with Gasteiger partial charge in [0, 0.05) is 6.20 Å². The molecule has 0 aliphatic carbocycles. The lowest BCUT2D eigenvalue weighted by atomic mass is 10.3. The number of nitrogens with zero attached hydrogens (tertiary/aromatic N) is 1. The Hall–Kier alpha value is -2.28. The highest BCUT2D eigenvalue weighted by Gasteiger charge is 2.23. The molecule has 8 heteroatoms. The first-order valence-electron chi connectivity index (χ1n) is 7.11. The Kier molecular flexibility index (Phi) is 5.13. The van der Waals surface area contributed by atoms with Crippen molar-refractivity contribution in [2.24, 2.45) is 0 Å². The van der Waals surface area contributed by atoms with Crippen LogP contribution >= 0.6 is 23.2 Å². The zero-order valence-corrected chi connectivity index (χ0v) is 15.0. The first-order valence-corrected chi connectivity index (χ1v) is 9.35. The van der Waals surface area contributed by atoms with Crippen LogP contribution < -0.4 is 9.46 Å². The van der Waals surface area contributed by atoms with Gasteiger partial charge in [-0.15, -0.1) is 0 Å². The van der Waals surface area contributed by atoms with E-state index >= 15 is 0 Å². The van der Waals surface area contributed by atoms with Crippen molar-refractivity contribution in [1.29, 1.82) is 0 Å². The number of sulfonamides is 1. The summed E-state index contributed by atoms with van der Waals surface area (Å²) in [5.41, 5.74) is 0.319. The second-order valence-corrected chi connectivity index (χ2v) is 7.39. The molecule has 1 heterocycles. The lowest BCUT2D eigenvalue weighted by Crippen LogP contribution is -2.13. The largest absolute Gasteiger partial charge is 0.454 e. The number of hydrogen-bond acceptors (Lipinski definition) is 4. The van der Waals surface area contributed by atoms with Crippen LogP contribution in [0.2, 0.25) is 10.0 Å². The van der Waals surface area contributed by atoms with Gasteiger partial charge in [-0.2, -0.15) is 0 Å². The minimum absolute atomic E-state index is 0.0728. The summed E-state index contributed by atoms with van der Waals surface area (Å²) in [4.78, 5) is 3.72. The van der Waals surface area contributed by atoms with Crippen LogP contribution in [0.25, 0.3) is 0 Å². The van der Waals surface area contributed by atoms with Gasteiger partial charge in [0.1, 0.15) is 15.7 Å². The van der Waals surface area contributed by atoms with E-state index in [2.05, 4.69) is 9.71 Å². The molecule has 0 atom stereocenters. The standard InChI is InChI=1S/C17H12Cl2N2O3S/c18-14-8-9-15(25(22,23)21-12-5-4-10-20-11-12)16(19)17(14)24-13-6-2-1-3-7-13/h1-11,21H. The zero-order valence-electron chi connectivity index (χ0n) is 12.7. The first kappa shape index (κ1) is 17.5. The molecule has 0 unspecified atom stereocenters. The van der Waals surface area contributed by atoms with Crippen molar-refractivity contribution < 1.29 is 13.2 Å². The second kappa shape index (κ2) is 7.31. The molecule has 1 N–H and O–H groups in total. The van der Waals surface area contributed by atoms with E-state index < -0.39 is 10.0 Å². The summed E-state index contributed by atoms with van der Waals surface area (Å²) in [6, 6.07) is 14.7. The number of nitrogens with one attached hydrogen (secondary N) is 1. The Morgan fingerprint density at radius 2 is 1.72 bits per heavy atom. The average molecular weight is 395 g/mol. The predicted octanol–water partition coefficient (Wildman–Crippen LogP) is 4.98. The van der Waals surface area contributed by atoms with E-state index in [0.717, 1.165) is 0 Å². The molecule has 0 radical (unpaired) electrons. The van der Waals surface area contributed by atoms with Crippen molar-refractivity contribution in [1.82, 2.24) is 4.98 Å². The highest BCUT2D eigenvalue weighted by atomic mass is 35.5. The quantitative estimate of drug-likeness (QED) is 0.662. The lowest BCUT2D eigenvalue weighted by Gasteiger charge is -2.14. The van der Waals surface area contributed by atoms with E-state index in [4.69, 9.17) is 27.9 Å². The molecule has 1 aromatic heterocycles. The van der Waals surface area contributed by atoms with E-state index in [1.54, 1.807) is 42.6 Å². The highest BCUT2D eigenvalue weighted by molar-refractivity contribution is 7.92. The Labute approximate surface area is 155 Å². The Morgan fingerprint density at radius 3 is 2.40 bits per heavy atom. The molecule has 0 saturated carbocycles. The number of pyridine rings is 1. The van der Waals surface area contributed by atoms with Gasteiger partial charge < -0.3 is 4.74 Å². The number of para-hydroxylation sites is 1. The van der Waals surface area contributed by atoms with Gasteiger partial charge in [-0.25, -0.2) is 8.42 Å². The van der Waals surface area contributed by atoms with Gasteiger partial charge in [0.15, 0.2) is 5.75 Å². The minimum atomic E-state index is -3.94. The molecule has 2 aromatic carbocycles. The van der Waals surface area contributed by atoms with Crippen molar-refractivity contribution in [2.75, 3.05) is 4.72 Å². The molecule has 0 spiro atoms. The molecule has 3 aromatic rings. The van der Waals surface area contributed by atoms with Crippen molar-refractivity contribution in [3.63, 3.8) is 0 Å². The summed E-state index contributed by atoms with van der Waals surface area (Å²) >= 11 is 12.4. The number of aromatic nitrogens is 1. The molecule has 25 heavy (non-hydrogen) atoms. The summed E-state index contributed by atoms with van der Waals surface area (Å²) in [5.74, 6) is 0.560. The van der Waals surface area contributed by atoms with Gasteiger partial charge in [0.25, 0.3) is 10.0 Å².